The minimum Gasteiger partial charge on any atom is -0.574 e. The zero-order valence-corrected chi connectivity index (χ0v) is 39.1. The predicted octanol–water partition coefficient (Wildman–Crippen LogP) is 7.96. The zero-order chi connectivity index (χ0) is 47.4. The number of phenolic OH excluding ortho intramolecular Hbond substituents is 2. The number of hydrazone groups is 1. The largest absolute Gasteiger partial charge is 0.574 e. The van der Waals surface area contributed by atoms with Crippen molar-refractivity contribution in [3.8, 4) is 11.5 Å². The second kappa shape index (κ2) is 26.9. The average Bonchev–Trinajstić information content (AvgIpc) is 3.33. The van der Waals surface area contributed by atoms with E-state index in [2.05, 4.69) is 66.0 Å². The molecule has 0 amide bonds. The summed E-state index contributed by atoms with van der Waals surface area (Å²) in [6.45, 7) is 0. The fourth-order valence-corrected chi connectivity index (χ4v) is 6.91. The summed E-state index contributed by atoms with van der Waals surface area (Å²) >= 11 is 1.86. The van der Waals surface area contributed by atoms with Crippen LogP contribution in [0.25, 0.3) is 5.43 Å². The van der Waals surface area contributed by atoms with Crippen LogP contribution in [0.15, 0.2) is 196 Å². The van der Waals surface area contributed by atoms with Gasteiger partial charge in [0, 0.05) is 44.7 Å². The van der Waals surface area contributed by atoms with Gasteiger partial charge in [-0.2, -0.15) is 16.5 Å². The Labute approximate surface area is 403 Å². The van der Waals surface area contributed by atoms with Gasteiger partial charge in [-0.05, 0) is 79.8 Å². The van der Waals surface area contributed by atoms with Crippen LogP contribution in [0.1, 0.15) is 11.1 Å². The van der Waals surface area contributed by atoms with E-state index in [9.17, 15) is 27.0 Å². The molecule has 0 aromatic heterocycles. The molecule has 353 valence electrons. The Bertz CT molecular complexity index is 2870. The van der Waals surface area contributed by atoms with Gasteiger partial charge in [-0.1, -0.05) is 72.8 Å². The molecule has 0 saturated carbocycles. The predicted molar refractivity (Wildman–Crippen MR) is 248 cm³/mol. The number of nitrogens with one attached hydrogen (secondary N) is 3. The number of hydrogen-bond donors (Lipinski definition) is 7. The van der Waals surface area contributed by atoms with Crippen LogP contribution in [0.2, 0.25) is 0 Å². The maximum Gasteiger partial charge on any atom is 0.240 e. The van der Waals surface area contributed by atoms with Crippen LogP contribution in [-0.4, -0.2) is 52.8 Å². The number of nitrogens with two attached hydrogens (primary N) is 2. The van der Waals surface area contributed by atoms with Gasteiger partial charge in [-0.15, -0.1) is 44.8 Å². The van der Waals surface area contributed by atoms with Crippen LogP contribution in [-0.2, 0) is 55.5 Å². The van der Waals surface area contributed by atoms with Crippen molar-refractivity contribution in [3.63, 3.8) is 0 Å². The summed E-state index contributed by atoms with van der Waals surface area (Å²) in [4.78, 5) is 9.91. The van der Waals surface area contributed by atoms with E-state index >= 15 is 0 Å². The van der Waals surface area contributed by atoms with Gasteiger partial charge in [0.25, 0.3) is 0 Å². The Morgan fingerprint density at radius 1 is 0.657 bits per heavy atom. The molecule has 9 N–H and O–H groups in total. The normalized spacial score (nSPS) is 12.1. The Morgan fingerprint density at radius 2 is 1.19 bits per heavy atom. The van der Waals surface area contributed by atoms with Gasteiger partial charge in [0.15, 0.2) is 5.84 Å². The van der Waals surface area contributed by atoms with E-state index in [-0.39, 0.29) is 61.1 Å². The fraction of sp³-hybridized carbons (Fsp3) is 0.0500. The summed E-state index contributed by atoms with van der Waals surface area (Å²) in [5.74, 6) is 4.86. The summed E-state index contributed by atoms with van der Waals surface area (Å²) in [5.41, 5.74) is 11.8. The number of rotatable bonds is 18. The quantitative estimate of drug-likeness (QED) is 0.00816. The first-order valence-corrected chi connectivity index (χ1v) is 23.1. The number of hydroxylamine groups is 1. The second-order valence-electron chi connectivity index (χ2n) is 12.5. The molecule has 27 heteroatoms. The van der Waals surface area contributed by atoms with E-state index in [0.29, 0.717) is 27.4 Å². The Morgan fingerprint density at radius 3 is 1.78 bits per heavy atom. The van der Waals surface area contributed by atoms with Crippen molar-refractivity contribution in [2.24, 2.45) is 41.7 Å². The van der Waals surface area contributed by atoms with E-state index in [1.54, 1.807) is 79.8 Å². The maximum absolute atomic E-state index is 12.0. The fourth-order valence-electron chi connectivity index (χ4n) is 4.82. The molecule has 6 rings (SSSR count). The van der Waals surface area contributed by atoms with E-state index < -0.39 is 20.0 Å². The molecular formula is C40H39CoN12O10S4-. The molecule has 0 aliphatic carbocycles. The van der Waals surface area contributed by atoms with E-state index in [1.165, 1.54) is 55.6 Å². The van der Waals surface area contributed by atoms with Gasteiger partial charge < -0.3 is 20.7 Å². The third-order valence-electron chi connectivity index (χ3n) is 8.03. The number of phenols is 2. The zero-order valence-electron chi connectivity index (χ0n) is 34.8. The van der Waals surface area contributed by atoms with E-state index in [4.69, 9.17) is 15.4 Å². The molecule has 0 aliphatic heterocycles. The smallest absolute Gasteiger partial charge is 0.240 e. The van der Waals surface area contributed by atoms with Gasteiger partial charge >= 0.3 is 0 Å². The number of sulfonamides is 2. The molecule has 22 nitrogen and oxygen atoms in total. The summed E-state index contributed by atoms with van der Waals surface area (Å²) in [6.07, 6.45) is 0. The monoisotopic (exact) mass is 1030 g/mol. The molecule has 0 atom stereocenters. The molecule has 0 saturated heterocycles. The molecule has 6 aromatic carbocycles. The van der Waals surface area contributed by atoms with Crippen molar-refractivity contribution in [1.82, 2.24) is 10.2 Å². The molecular weight excluding hydrogens is 996 g/mol. The van der Waals surface area contributed by atoms with Gasteiger partial charge in [-0.3, -0.25) is 5.43 Å². The first-order valence-electron chi connectivity index (χ1n) is 18.6. The standard InChI is InChI=1S/C20H19N6O5S2.C20H20N6O5S2.Co/c1-22-30-31-32-16-9-12-19(27)18(13-16)24-26-20(14-5-3-2-4-6-14)25-23-15-7-10-17(11-8-15)33(21,28)29;1-22-33(28,29)17-11-12-19(27)18(13-17)24-26-20(14-5-3-2-4-6-14)25-23-15-7-9-16(10-8-15)32-31-30-21;/h2-13,22H,1H3,(H3-,21,23,24,25,26,27,28,29);2-13,22-23,27H,21H2,1H3;/q-1;;/b;25-20-,26-24?;. The van der Waals surface area contributed by atoms with Gasteiger partial charge in [0.05, 0.1) is 39.6 Å². The molecule has 0 unspecified atom stereocenters. The Kier molecular flexibility index (Phi) is 21.4. The molecule has 0 spiro atoms. The molecule has 0 fully saturated rings. The number of amidine groups is 2. The summed E-state index contributed by atoms with van der Waals surface area (Å²) in [7, 11) is -4.69. The van der Waals surface area contributed by atoms with Crippen molar-refractivity contribution < 1.29 is 62.5 Å². The number of benzene rings is 6. The number of hydrogen-bond acceptors (Lipinski definition) is 19. The Hall–Kier alpha value is -6.15. The molecule has 0 aliphatic rings. The second-order valence-corrected chi connectivity index (χ2v) is 17.5. The van der Waals surface area contributed by atoms with Gasteiger partial charge in [0.1, 0.15) is 22.9 Å². The summed E-state index contributed by atoms with van der Waals surface area (Å²) in [6, 6.07) is 38.9. The minimum atomic E-state index is -3.80. The summed E-state index contributed by atoms with van der Waals surface area (Å²) < 4.78 is 58.5. The van der Waals surface area contributed by atoms with Crippen molar-refractivity contribution >= 4 is 78.6 Å². The van der Waals surface area contributed by atoms with E-state index in [0.717, 1.165) is 29.0 Å². The van der Waals surface area contributed by atoms with Crippen LogP contribution >= 0.6 is 24.1 Å². The van der Waals surface area contributed by atoms with Crippen molar-refractivity contribution in [2.75, 3.05) is 19.5 Å². The minimum absolute atomic E-state index is 0. The van der Waals surface area contributed by atoms with Gasteiger partial charge in [-0.25, -0.2) is 26.7 Å². The average molecular weight is 1040 g/mol. The molecule has 6 aromatic rings. The molecule has 0 heterocycles. The van der Waals surface area contributed by atoms with Crippen molar-refractivity contribution in [3.05, 3.63) is 162 Å². The molecule has 0 bridgehead atoms. The third-order valence-corrected chi connectivity index (χ3v) is 11.6. The van der Waals surface area contributed by atoms with Crippen LogP contribution < -0.4 is 26.7 Å². The number of anilines is 1. The van der Waals surface area contributed by atoms with Gasteiger partial charge in [0.2, 0.25) is 25.9 Å². The molecule has 1 radical (unpaired) electrons. The maximum atomic E-state index is 12.0. The van der Waals surface area contributed by atoms with Crippen LogP contribution in [0.5, 0.6) is 11.5 Å². The van der Waals surface area contributed by atoms with Crippen molar-refractivity contribution in [2.45, 2.75) is 19.6 Å². The molecule has 67 heavy (non-hydrogen) atoms. The van der Waals surface area contributed by atoms with Crippen molar-refractivity contribution in [1.29, 1.82) is 0 Å². The van der Waals surface area contributed by atoms with Crippen LogP contribution in [0.4, 0.5) is 22.7 Å². The van der Waals surface area contributed by atoms with Crippen LogP contribution in [0.3, 0.4) is 0 Å². The topological polar surface area (TPSA) is 322 Å². The van der Waals surface area contributed by atoms with Crippen LogP contribution in [0, 0.1) is 0 Å². The number of aromatic hydroxyl groups is 2. The number of primary sulfonamides is 1. The third kappa shape index (κ3) is 17.2. The SMILES string of the molecule is CNOOSc1ccc(O)c(N=N/C(=N\[N-]c2ccc(S(N)(=O)=O)cc2)c2ccccc2)c1.CNS(=O)(=O)c1ccc(O)c(N=N/C(=N\Nc2ccc(SOON)cc2)c2ccccc2)c1.[Co]. The summed E-state index contributed by atoms with van der Waals surface area (Å²) in [5, 5.41) is 50.2. The first-order chi connectivity index (χ1) is 31.8. The number of azo groups is 2. The number of nitrogens with zero attached hydrogens (tertiary/aromatic N) is 7. The van der Waals surface area contributed by atoms with E-state index in [1.807, 2.05) is 24.3 Å². The first kappa shape index (κ1) is 53.5. The Balaban J connectivity index is 0.000000288.